The van der Waals surface area contributed by atoms with E-state index in [0.717, 1.165) is 5.46 Å². The minimum atomic E-state index is -0.272. The molecule has 3 heteroatoms. The van der Waals surface area contributed by atoms with Crippen molar-refractivity contribution in [2.24, 2.45) is 0 Å². The average molecular weight is 248 g/mol. The molecule has 0 aromatic heterocycles. The molecule has 1 aromatic carbocycles. The van der Waals surface area contributed by atoms with Crippen LogP contribution in [-0.4, -0.2) is 19.3 Å². The van der Waals surface area contributed by atoms with Gasteiger partial charge < -0.3 is 9.31 Å². The maximum atomic E-state index is 5.83. The van der Waals surface area contributed by atoms with Crippen LogP contribution in [0.3, 0.4) is 0 Å². The van der Waals surface area contributed by atoms with Gasteiger partial charge in [-0.25, -0.2) is 0 Å². The molecular weight excluding hydrogens is 223 g/mol. The van der Waals surface area contributed by atoms with Gasteiger partial charge in [-0.15, -0.1) is 0 Å². The van der Waals surface area contributed by atoms with Gasteiger partial charge in [-0.2, -0.15) is 0 Å². The molecule has 0 aliphatic carbocycles. The van der Waals surface area contributed by atoms with E-state index in [0.29, 0.717) is 5.92 Å². The number of hydrogen-bond acceptors (Lipinski definition) is 2. The summed E-state index contributed by atoms with van der Waals surface area (Å²) in [6.07, 6.45) is 0.303. The van der Waals surface area contributed by atoms with Crippen LogP contribution in [0.5, 0.6) is 0 Å². The van der Waals surface area contributed by atoms with Crippen molar-refractivity contribution in [1.29, 1.82) is 0 Å². The molecule has 0 radical (unpaired) electrons. The minimum Gasteiger partial charge on any atom is -0.405 e. The fourth-order valence-corrected chi connectivity index (χ4v) is 1.72. The van der Waals surface area contributed by atoms with Crippen LogP contribution in [0, 0.1) is 0 Å². The third-order valence-electron chi connectivity index (χ3n) is 2.67. The standard InChI is InChI=1S/C15H25BO2/c1-11(2)14-7-9-15(10-8-14)16(17-12(3)4)18-13(5)6/h7-13H,1-6H3. The molecule has 0 bridgehead atoms. The monoisotopic (exact) mass is 248 g/mol. The van der Waals surface area contributed by atoms with Crippen molar-refractivity contribution in [1.82, 2.24) is 0 Å². The van der Waals surface area contributed by atoms with Gasteiger partial charge >= 0.3 is 7.12 Å². The number of rotatable bonds is 6. The van der Waals surface area contributed by atoms with E-state index in [1.807, 2.05) is 27.7 Å². The van der Waals surface area contributed by atoms with E-state index in [9.17, 15) is 0 Å². The van der Waals surface area contributed by atoms with Gasteiger partial charge in [0.25, 0.3) is 0 Å². The smallest absolute Gasteiger partial charge is 0.405 e. The van der Waals surface area contributed by atoms with Gasteiger partial charge in [-0.05, 0) is 44.6 Å². The van der Waals surface area contributed by atoms with Crippen LogP contribution in [-0.2, 0) is 9.31 Å². The molecule has 1 rings (SSSR count). The molecule has 1 aromatic rings. The zero-order valence-corrected chi connectivity index (χ0v) is 12.4. The highest BCUT2D eigenvalue weighted by Gasteiger charge is 2.24. The SMILES string of the molecule is CC(C)OB(OC(C)C)c1ccc(C(C)C)cc1. The molecule has 0 saturated heterocycles. The summed E-state index contributed by atoms with van der Waals surface area (Å²) in [7, 11) is -0.272. The van der Waals surface area contributed by atoms with E-state index in [-0.39, 0.29) is 19.3 Å². The summed E-state index contributed by atoms with van der Waals surface area (Å²) in [5.74, 6) is 0.550. The summed E-state index contributed by atoms with van der Waals surface area (Å²) in [6.45, 7) is 12.5. The lowest BCUT2D eigenvalue weighted by Crippen LogP contribution is -2.40. The van der Waals surface area contributed by atoms with Crippen molar-refractivity contribution in [2.45, 2.75) is 59.7 Å². The van der Waals surface area contributed by atoms with Gasteiger partial charge in [0.1, 0.15) is 0 Å². The first kappa shape index (κ1) is 15.3. The normalized spacial score (nSPS) is 11.6. The molecule has 18 heavy (non-hydrogen) atoms. The van der Waals surface area contributed by atoms with Crippen LogP contribution >= 0.6 is 0 Å². The van der Waals surface area contributed by atoms with Crippen LogP contribution in [0.1, 0.15) is 53.0 Å². The van der Waals surface area contributed by atoms with Gasteiger partial charge in [0, 0.05) is 12.2 Å². The van der Waals surface area contributed by atoms with E-state index in [1.54, 1.807) is 0 Å². The zero-order chi connectivity index (χ0) is 13.7. The van der Waals surface area contributed by atoms with Crippen molar-refractivity contribution in [3.05, 3.63) is 29.8 Å². The Labute approximate surface area is 112 Å². The molecule has 0 atom stereocenters. The Kier molecular flexibility index (Phi) is 5.90. The van der Waals surface area contributed by atoms with Gasteiger partial charge in [-0.1, -0.05) is 38.1 Å². The van der Waals surface area contributed by atoms with E-state index in [4.69, 9.17) is 9.31 Å². The summed E-state index contributed by atoms with van der Waals surface area (Å²) in [4.78, 5) is 0. The third kappa shape index (κ3) is 4.83. The highest BCUT2D eigenvalue weighted by atomic mass is 16.6. The van der Waals surface area contributed by atoms with Gasteiger partial charge in [0.15, 0.2) is 0 Å². The van der Waals surface area contributed by atoms with Crippen molar-refractivity contribution < 1.29 is 9.31 Å². The first-order chi connectivity index (χ1) is 8.40. The Morgan fingerprint density at radius 3 is 1.56 bits per heavy atom. The van der Waals surface area contributed by atoms with Crippen molar-refractivity contribution >= 4 is 12.6 Å². The molecule has 2 nitrogen and oxygen atoms in total. The second-order valence-corrected chi connectivity index (χ2v) is 5.52. The fourth-order valence-electron chi connectivity index (χ4n) is 1.72. The molecule has 0 unspecified atom stereocenters. The van der Waals surface area contributed by atoms with E-state index >= 15 is 0 Å². The Hall–Kier alpha value is -0.795. The average Bonchev–Trinajstić information content (AvgIpc) is 2.27. The molecule has 0 amide bonds. The lowest BCUT2D eigenvalue weighted by molar-refractivity contribution is 0.139. The molecule has 0 heterocycles. The molecule has 100 valence electrons. The quantitative estimate of drug-likeness (QED) is 0.719. The van der Waals surface area contributed by atoms with E-state index in [1.165, 1.54) is 5.56 Å². The molecule has 0 spiro atoms. The first-order valence-corrected chi connectivity index (χ1v) is 6.81. The van der Waals surface area contributed by atoms with Crippen molar-refractivity contribution in [3.63, 3.8) is 0 Å². The second-order valence-electron chi connectivity index (χ2n) is 5.52. The van der Waals surface area contributed by atoms with Crippen molar-refractivity contribution in [3.8, 4) is 0 Å². The van der Waals surface area contributed by atoms with Crippen LogP contribution in [0.25, 0.3) is 0 Å². The lowest BCUT2D eigenvalue weighted by Gasteiger charge is -2.20. The maximum absolute atomic E-state index is 5.83. The molecule has 0 saturated carbocycles. The highest BCUT2D eigenvalue weighted by molar-refractivity contribution is 6.61. The van der Waals surface area contributed by atoms with Crippen LogP contribution in [0.15, 0.2) is 24.3 Å². The Balaban J connectivity index is 2.83. The summed E-state index contributed by atoms with van der Waals surface area (Å²) in [5, 5.41) is 0. The van der Waals surface area contributed by atoms with Gasteiger partial charge in [-0.3, -0.25) is 0 Å². The molecule has 0 aliphatic heterocycles. The predicted octanol–water partition coefficient (Wildman–Crippen LogP) is 3.36. The van der Waals surface area contributed by atoms with Gasteiger partial charge in [0.2, 0.25) is 0 Å². The number of benzene rings is 1. The maximum Gasteiger partial charge on any atom is 0.494 e. The lowest BCUT2D eigenvalue weighted by atomic mass is 9.77. The summed E-state index contributed by atoms with van der Waals surface area (Å²) in [5.41, 5.74) is 2.42. The Morgan fingerprint density at radius 1 is 0.778 bits per heavy atom. The largest absolute Gasteiger partial charge is 0.494 e. The number of hydrogen-bond donors (Lipinski definition) is 0. The van der Waals surface area contributed by atoms with Crippen LogP contribution < -0.4 is 5.46 Å². The van der Waals surface area contributed by atoms with Crippen LogP contribution in [0.4, 0.5) is 0 Å². The van der Waals surface area contributed by atoms with Gasteiger partial charge in [0.05, 0.1) is 0 Å². The summed E-state index contributed by atoms with van der Waals surface area (Å²) < 4.78 is 11.7. The topological polar surface area (TPSA) is 18.5 Å². The summed E-state index contributed by atoms with van der Waals surface area (Å²) in [6, 6.07) is 8.51. The summed E-state index contributed by atoms with van der Waals surface area (Å²) >= 11 is 0. The van der Waals surface area contributed by atoms with Crippen molar-refractivity contribution in [2.75, 3.05) is 0 Å². The van der Waals surface area contributed by atoms with E-state index in [2.05, 4.69) is 38.1 Å². The predicted molar refractivity (Wildman–Crippen MR) is 78.4 cm³/mol. The van der Waals surface area contributed by atoms with E-state index < -0.39 is 0 Å². The molecule has 0 fully saturated rings. The Morgan fingerprint density at radius 2 is 1.22 bits per heavy atom. The molecular formula is C15H25BO2. The first-order valence-electron chi connectivity index (χ1n) is 6.81. The fraction of sp³-hybridized carbons (Fsp3) is 0.600. The molecule has 0 N–H and O–H groups in total. The Bertz CT molecular complexity index is 334. The molecule has 0 aliphatic rings. The van der Waals surface area contributed by atoms with Crippen LogP contribution in [0.2, 0.25) is 0 Å². The third-order valence-corrected chi connectivity index (χ3v) is 2.67. The minimum absolute atomic E-state index is 0.151. The second kappa shape index (κ2) is 6.96. The highest BCUT2D eigenvalue weighted by Crippen LogP contribution is 2.12. The zero-order valence-electron chi connectivity index (χ0n) is 12.4.